The summed E-state index contributed by atoms with van der Waals surface area (Å²) in [6, 6.07) is 15.5. The predicted molar refractivity (Wildman–Crippen MR) is 77.0 cm³/mol. The van der Waals surface area contributed by atoms with Gasteiger partial charge < -0.3 is 10.1 Å². The SMILES string of the molecule is CNC(c1ccc2c(c1)COC2)c1ccccc1C. The Morgan fingerprint density at radius 2 is 1.84 bits per heavy atom. The zero-order valence-corrected chi connectivity index (χ0v) is 11.4. The highest BCUT2D eigenvalue weighted by Crippen LogP contribution is 2.28. The average Bonchev–Trinajstić information content (AvgIpc) is 2.89. The van der Waals surface area contributed by atoms with Crippen molar-refractivity contribution in [1.29, 1.82) is 0 Å². The van der Waals surface area contributed by atoms with Crippen LogP contribution >= 0.6 is 0 Å². The molecule has 2 heteroatoms. The number of rotatable bonds is 3. The second kappa shape index (κ2) is 5.16. The van der Waals surface area contributed by atoms with Crippen LogP contribution in [0, 0.1) is 6.92 Å². The number of nitrogens with one attached hydrogen (secondary N) is 1. The lowest BCUT2D eigenvalue weighted by molar-refractivity contribution is 0.134. The van der Waals surface area contributed by atoms with Crippen LogP contribution in [0.25, 0.3) is 0 Å². The van der Waals surface area contributed by atoms with Crippen LogP contribution in [-0.4, -0.2) is 7.05 Å². The maximum absolute atomic E-state index is 5.49. The van der Waals surface area contributed by atoms with E-state index in [4.69, 9.17) is 4.74 Å². The maximum Gasteiger partial charge on any atom is 0.0725 e. The van der Waals surface area contributed by atoms with Gasteiger partial charge in [0.1, 0.15) is 0 Å². The number of benzene rings is 2. The first kappa shape index (κ1) is 12.4. The van der Waals surface area contributed by atoms with E-state index in [2.05, 4.69) is 54.7 Å². The van der Waals surface area contributed by atoms with E-state index in [1.165, 1.54) is 27.8 Å². The molecule has 1 unspecified atom stereocenters. The van der Waals surface area contributed by atoms with Gasteiger partial charge in [0.2, 0.25) is 0 Å². The molecule has 1 aliphatic rings. The number of aryl methyl sites for hydroxylation is 1. The third kappa shape index (κ3) is 2.29. The molecule has 1 atom stereocenters. The summed E-state index contributed by atoms with van der Waals surface area (Å²) in [6.45, 7) is 3.66. The molecule has 0 saturated carbocycles. The van der Waals surface area contributed by atoms with Gasteiger partial charge >= 0.3 is 0 Å². The Morgan fingerprint density at radius 3 is 2.63 bits per heavy atom. The van der Waals surface area contributed by atoms with Gasteiger partial charge in [-0.05, 0) is 41.8 Å². The summed E-state index contributed by atoms with van der Waals surface area (Å²) in [7, 11) is 2.01. The van der Waals surface area contributed by atoms with Crippen molar-refractivity contribution < 1.29 is 4.74 Å². The lowest BCUT2D eigenvalue weighted by Gasteiger charge is -2.20. The highest BCUT2D eigenvalue weighted by atomic mass is 16.5. The van der Waals surface area contributed by atoms with Crippen molar-refractivity contribution in [2.45, 2.75) is 26.2 Å². The summed E-state index contributed by atoms with van der Waals surface area (Å²) in [5.74, 6) is 0. The molecule has 2 nitrogen and oxygen atoms in total. The highest BCUT2D eigenvalue weighted by molar-refractivity contribution is 5.41. The molecule has 0 fully saturated rings. The number of hydrogen-bond acceptors (Lipinski definition) is 2. The van der Waals surface area contributed by atoms with Crippen LogP contribution < -0.4 is 5.32 Å². The first-order valence-electron chi connectivity index (χ1n) is 6.72. The Morgan fingerprint density at radius 1 is 1.05 bits per heavy atom. The first-order valence-corrected chi connectivity index (χ1v) is 6.72. The third-order valence-corrected chi connectivity index (χ3v) is 3.87. The lowest BCUT2D eigenvalue weighted by atomic mass is 9.93. The quantitative estimate of drug-likeness (QED) is 0.906. The van der Waals surface area contributed by atoms with E-state index in [9.17, 15) is 0 Å². The van der Waals surface area contributed by atoms with Crippen molar-refractivity contribution in [2.24, 2.45) is 0 Å². The summed E-state index contributed by atoms with van der Waals surface area (Å²) in [5, 5.41) is 3.43. The Bertz CT molecular complexity index is 592. The van der Waals surface area contributed by atoms with Crippen molar-refractivity contribution in [3.63, 3.8) is 0 Å². The second-order valence-corrected chi connectivity index (χ2v) is 5.10. The number of hydrogen-bond donors (Lipinski definition) is 1. The third-order valence-electron chi connectivity index (χ3n) is 3.87. The van der Waals surface area contributed by atoms with Gasteiger partial charge in [-0.15, -0.1) is 0 Å². The molecule has 0 bridgehead atoms. The van der Waals surface area contributed by atoms with Crippen molar-refractivity contribution in [2.75, 3.05) is 7.05 Å². The van der Waals surface area contributed by atoms with Crippen LogP contribution in [0.15, 0.2) is 42.5 Å². The fourth-order valence-corrected chi connectivity index (χ4v) is 2.78. The molecule has 2 aromatic rings. The van der Waals surface area contributed by atoms with E-state index < -0.39 is 0 Å². The van der Waals surface area contributed by atoms with Gasteiger partial charge in [-0.3, -0.25) is 0 Å². The van der Waals surface area contributed by atoms with Gasteiger partial charge in [0, 0.05) is 0 Å². The summed E-state index contributed by atoms with van der Waals surface area (Å²) in [6.07, 6.45) is 0. The van der Waals surface area contributed by atoms with Crippen LogP contribution in [-0.2, 0) is 18.0 Å². The minimum Gasteiger partial charge on any atom is -0.372 e. The largest absolute Gasteiger partial charge is 0.372 e. The van der Waals surface area contributed by atoms with Gasteiger partial charge in [-0.2, -0.15) is 0 Å². The fraction of sp³-hybridized carbons (Fsp3) is 0.294. The van der Waals surface area contributed by atoms with Gasteiger partial charge in [0.15, 0.2) is 0 Å². The maximum atomic E-state index is 5.49. The summed E-state index contributed by atoms with van der Waals surface area (Å²) < 4.78 is 5.49. The number of fused-ring (bicyclic) bond motifs is 1. The average molecular weight is 253 g/mol. The normalized spacial score (nSPS) is 15.3. The molecule has 2 aromatic carbocycles. The van der Waals surface area contributed by atoms with Crippen LogP contribution in [0.4, 0.5) is 0 Å². The zero-order chi connectivity index (χ0) is 13.2. The minimum atomic E-state index is 0.243. The molecule has 3 rings (SSSR count). The topological polar surface area (TPSA) is 21.3 Å². The van der Waals surface area contributed by atoms with Crippen molar-refractivity contribution in [3.05, 3.63) is 70.3 Å². The van der Waals surface area contributed by atoms with E-state index in [-0.39, 0.29) is 6.04 Å². The van der Waals surface area contributed by atoms with Gasteiger partial charge in [-0.1, -0.05) is 42.5 Å². The summed E-state index contributed by atoms with van der Waals surface area (Å²) in [4.78, 5) is 0. The van der Waals surface area contributed by atoms with E-state index in [0.29, 0.717) is 0 Å². The summed E-state index contributed by atoms with van der Waals surface area (Å²) >= 11 is 0. The van der Waals surface area contributed by atoms with E-state index in [1.54, 1.807) is 0 Å². The van der Waals surface area contributed by atoms with E-state index >= 15 is 0 Å². The number of ether oxygens (including phenoxy) is 1. The zero-order valence-electron chi connectivity index (χ0n) is 11.4. The fourth-order valence-electron chi connectivity index (χ4n) is 2.78. The monoisotopic (exact) mass is 253 g/mol. The molecular weight excluding hydrogens is 234 g/mol. The standard InChI is InChI=1S/C17H19NO/c1-12-5-3-4-6-16(12)17(18-2)13-7-8-14-10-19-11-15(14)9-13/h3-9,17-18H,10-11H2,1-2H3. The van der Waals surface area contributed by atoms with Crippen molar-refractivity contribution in [3.8, 4) is 0 Å². The Kier molecular flexibility index (Phi) is 3.36. The lowest BCUT2D eigenvalue weighted by Crippen LogP contribution is -2.18. The molecule has 0 aromatic heterocycles. The molecule has 0 spiro atoms. The van der Waals surface area contributed by atoms with E-state index in [1.807, 2.05) is 7.05 Å². The Hall–Kier alpha value is -1.64. The van der Waals surface area contributed by atoms with Crippen LogP contribution in [0.2, 0.25) is 0 Å². The molecule has 19 heavy (non-hydrogen) atoms. The minimum absolute atomic E-state index is 0.243. The second-order valence-electron chi connectivity index (χ2n) is 5.10. The van der Waals surface area contributed by atoms with Gasteiger partial charge in [0.05, 0.1) is 19.3 Å². The molecule has 1 aliphatic heterocycles. The van der Waals surface area contributed by atoms with Crippen LogP contribution in [0.3, 0.4) is 0 Å². The molecule has 1 heterocycles. The highest BCUT2D eigenvalue weighted by Gasteiger charge is 2.17. The van der Waals surface area contributed by atoms with Gasteiger partial charge in [0.25, 0.3) is 0 Å². The van der Waals surface area contributed by atoms with Crippen molar-refractivity contribution >= 4 is 0 Å². The van der Waals surface area contributed by atoms with Crippen LogP contribution in [0.5, 0.6) is 0 Å². The molecule has 0 amide bonds. The Labute approximate surface area is 114 Å². The smallest absolute Gasteiger partial charge is 0.0725 e. The summed E-state index contributed by atoms with van der Waals surface area (Å²) in [5.41, 5.74) is 6.61. The van der Waals surface area contributed by atoms with Gasteiger partial charge in [-0.25, -0.2) is 0 Å². The van der Waals surface area contributed by atoms with E-state index in [0.717, 1.165) is 13.2 Å². The molecule has 0 radical (unpaired) electrons. The molecule has 0 saturated heterocycles. The molecule has 98 valence electrons. The van der Waals surface area contributed by atoms with Crippen LogP contribution in [0.1, 0.15) is 33.9 Å². The van der Waals surface area contributed by atoms with Crippen molar-refractivity contribution in [1.82, 2.24) is 5.32 Å². The molecule has 0 aliphatic carbocycles. The predicted octanol–water partition coefficient (Wildman–Crippen LogP) is 3.33. The molecule has 1 N–H and O–H groups in total. The first-order chi connectivity index (χ1) is 9.29. The Balaban J connectivity index is 2.01. The molecular formula is C17H19NO.